The number of benzene rings is 1. The Hall–Kier alpha value is -0.670. The normalized spacial score (nSPS) is 20.9. The van der Waals surface area contributed by atoms with E-state index in [1.165, 1.54) is 25.1 Å². The lowest BCUT2D eigenvalue weighted by atomic mass is 10.0. The van der Waals surface area contributed by atoms with Gasteiger partial charge in [-0.15, -0.1) is 0 Å². The molecule has 0 radical (unpaired) electrons. The third-order valence-electron chi connectivity index (χ3n) is 3.00. The molecule has 0 spiro atoms. The van der Waals surface area contributed by atoms with Crippen LogP contribution in [-0.2, 0) is 5.75 Å². The zero-order valence-electron chi connectivity index (χ0n) is 9.48. The van der Waals surface area contributed by atoms with Crippen LogP contribution >= 0.6 is 11.8 Å². The van der Waals surface area contributed by atoms with Crippen LogP contribution in [0.5, 0.6) is 5.75 Å². The zero-order chi connectivity index (χ0) is 11.2. The highest BCUT2D eigenvalue weighted by atomic mass is 32.2. The maximum absolute atomic E-state index is 9.62. The van der Waals surface area contributed by atoms with Crippen molar-refractivity contribution in [1.82, 2.24) is 5.32 Å². The summed E-state index contributed by atoms with van der Waals surface area (Å²) in [7, 11) is 0. The van der Waals surface area contributed by atoms with Crippen molar-refractivity contribution in [3.05, 3.63) is 29.8 Å². The molecule has 2 nitrogen and oxygen atoms in total. The predicted molar refractivity (Wildman–Crippen MR) is 69.9 cm³/mol. The Labute approximate surface area is 101 Å². The van der Waals surface area contributed by atoms with E-state index in [0.717, 1.165) is 23.8 Å². The molecular weight excluding hydrogens is 218 g/mol. The molecule has 1 unspecified atom stereocenters. The highest BCUT2D eigenvalue weighted by Crippen LogP contribution is 2.24. The van der Waals surface area contributed by atoms with Crippen LogP contribution in [0.2, 0.25) is 0 Å². The fourth-order valence-corrected chi connectivity index (χ4v) is 3.23. The lowest BCUT2D eigenvalue weighted by molar-refractivity contribution is 0.410. The molecule has 0 amide bonds. The van der Waals surface area contributed by atoms with Crippen LogP contribution in [0.15, 0.2) is 24.3 Å². The first-order valence-corrected chi connectivity index (χ1v) is 7.07. The molecule has 2 rings (SSSR count). The van der Waals surface area contributed by atoms with Gasteiger partial charge in [0.25, 0.3) is 0 Å². The Morgan fingerprint density at radius 3 is 3.00 bits per heavy atom. The van der Waals surface area contributed by atoms with Gasteiger partial charge in [-0.3, -0.25) is 0 Å². The van der Waals surface area contributed by atoms with E-state index in [1.54, 1.807) is 6.07 Å². The standard InChI is InChI=1S/C13H19NOS/c15-13-6-2-1-5-12(13)10-16-9-11-4-3-7-14-8-11/h1-2,5-6,11,14-15H,3-4,7-10H2. The summed E-state index contributed by atoms with van der Waals surface area (Å²) in [5, 5.41) is 13.1. The Morgan fingerprint density at radius 2 is 2.25 bits per heavy atom. The molecule has 1 aromatic rings. The molecule has 1 saturated heterocycles. The van der Waals surface area contributed by atoms with E-state index >= 15 is 0 Å². The van der Waals surface area contributed by atoms with Gasteiger partial charge in [0, 0.05) is 11.3 Å². The first-order valence-electron chi connectivity index (χ1n) is 5.91. The highest BCUT2D eigenvalue weighted by Gasteiger charge is 2.12. The molecule has 16 heavy (non-hydrogen) atoms. The number of hydrogen-bond donors (Lipinski definition) is 2. The van der Waals surface area contributed by atoms with Crippen molar-refractivity contribution in [3.63, 3.8) is 0 Å². The van der Waals surface area contributed by atoms with Gasteiger partial charge in [0.05, 0.1) is 0 Å². The van der Waals surface area contributed by atoms with E-state index in [-0.39, 0.29) is 0 Å². The Balaban J connectivity index is 1.73. The number of thioether (sulfide) groups is 1. The van der Waals surface area contributed by atoms with Gasteiger partial charge < -0.3 is 10.4 Å². The Kier molecular flexibility index (Phi) is 4.55. The molecule has 1 aliphatic heterocycles. The quantitative estimate of drug-likeness (QED) is 0.844. The lowest BCUT2D eigenvalue weighted by Gasteiger charge is -2.22. The summed E-state index contributed by atoms with van der Waals surface area (Å²) >= 11 is 1.93. The maximum Gasteiger partial charge on any atom is 0.119 e. The average molecular weight is 237 g/mol. The average Bonchev–Trinajstić information content (AvgIpc) is 2.33. The summed E-state index contributed by atoms with van der Waals surface area (Å²) in [6.45, 7) is 2.34. The molecule has 0 aromatic heterocycles. The number of piperidine rings is 1. The fourth-order valence-electron chi connectivity index (χ4n) is 2.03. The van der Waals surface area contributed by atoms with Gasteiger partial charge >= 0.3 is 0 Å². The molecule has 0 aliphatic carbocycles. The van der Waals surface area contributed by atoms with Gasteiger partial charge in [-0.2, -0.15) is 11.8 Å². The van der Waals surface area contributed by atoms with Gasteiger partial charge in [0.15, 0.2) is 0 Å². The van der Waals surface area contributed by atoms with Crippen molar-refractivity contribution in [2.45, 2.75) is 18.6 Å². The van der Waals surface area contributed by atoms with E-state index in [4.69, 9.17) is 0 Å². The molecule has 1 atom stereocenters. The summed E-state index contributed by atoms with van der Waals surface area (Å²) in [6, 6.07) is 7.62. The number of hydrogen-bond acceptors (Lipinski definition) is 3. The minimum absolute atomic E-state index is 0.428. The van der Waals surface area contributed by atoms with Crippen LogP contribution in [0.1, 0.15) is 18.4 Å². The minimum atomic E-state index is 0.428. The van der Waals surface area contributed by atoms with Crippen molar-refractivity contribution >= 4 is 11.8 Å². The largest absolute Gasteiger partial charge is 0.508 e. The second-order valence-corrected chi connectivity index (χ2v) is 5.39. The second-order valence-electron chi connectivity index (χ2n) is 4.36. The summed E-state index contributed by atoms with van der Waals surface area (Å²) in [6.07, 6.45) is 2.66. The summed E-state index contributed by atoms with van der Waals surface area (Å²) in [5.74, 6) is 3.35. The molecule has 1 aromatic carbocycles. The Bertz CT molecular complexity index is 323. The highest BCUT2D eigenvalue weighted by molar-refractivity contribution is 7.98. The number of phenolic OH excluding ortho intramolecular Hbond substituents is 1. The van der Waals surface area contributed by atoms with Crippen molar-refractivity contribution in [2.75, 3.05) is 18.8 Å². The molecule has 3 heteroatoms. The zero-order valence-corrected chi connectivity index (χ0v) is 10.3. The number of nitrogens with one attached hydrogen (secondary N) is 1. The minimum Gasteiger partial charge on any atom is -0.508 e. The third kappa shape index (κ3) is 3.42. The van der Waals surface area contributed by atoms with E-state index in [9.17, 15) is 5.11 Å². The fraction of sp³-hybridized carbons (Fsp3) is 0.538. The number of para-hydroxylation sites is 1. The molecule has 0 bridgehead atoms. The van der Waals surface area contributed by atoms with Crippen LogP contribution < -0.4 is 5.32 Å². The van der Waals surface area contributed by atoms with Crippen LogP contribution in [0.4, 0.5) is 0 Å². The van der Waals surface area contributed by atoms with E-state index < -0.39 is 0 Å². The van der Waals surface area contributed by atoms with Crippen molar-refractivity contribution in [1.29, 1.82) is 0 Å². The van der Waals surface area contributed by atoms with Gasteiger partial charge in [-0.05, 0) is 43.7 Å². The van der Waals surface area contributed by atoms with Crippen LogP contribution in [0.25, 0.3) is 0 Å². The second kappa shape index (κ2) is 6.16. The number of aromatic hydroxyl groups is 1. The number of rotatable bonds is 4. The smallest absolute Gasteiger partial charge is 0.119 e. The van der Waals surface area contributed by atoms with E-state index in [1.807, 2.05) is 30.0 Å². The molecular formula is C13H19NOS. The topological polar surface area (TPSA) is 32.3 Å². The van der Waals surface area contributed by atoms with Crippen LogP contribution in [-0.4, -0.2) is 23.9 Å². The predicted octanol–water partition coefficient (Wildman–Crippen LogP) is 2.62. The van der Waals surface area contributed by atoms with Gasteiger partial charge in [-0.25, -0.2) is 0 Å². The summed E-state index contributed by atoms with van der Waals surface area (Å²) in [4.78, 5) is 0. The SMILES string of the molecule is Oc1ccccc1CSCC1CCCNC1. The first-order chi connectivity index (χ1) is 7.86. The lowest BCUT2D eigenvalue weighted by Crippen LogP contribution is -2.30. The van der Waals surface area contributed by atoms with Gasteiger partial charge in [0.1, 0.15) is 5.75 Å². The van der Waals surface area contributed by atoms with E-state index in [2.05, 4.69) is 5.32 Å². The van der Waals surface area contributed by atoms with Crippen LogP contribution in [0, 0.1) is 5.92 Å². The molecule has 88 valence electrons. The number of phenols is 1. The van der Waals surface area contributed by atoms with Gasteiger partial charge in [0.2, 0.25) is 0 Å². The first kappa shape index (κ1) is 11.8. The third-order valence-corrected chi connectivity index (χ3v) is 4.22. The van der Waals surface area contributed by atoms with Gasteiger partial charge in [-0.1, -0.05) is 18.2 Å². The maximum atomic E-state index is 9.62. The van der Waals surface area contributed by atoms with E-state index in [0.29, 0.717) is 5.75 Å². The monoisotopic (exact) mass is 237 g/mol. The van der Waals surface area contributed by atoms with Crippen molar-refractivity contribution in [3.8, 4) is 5.75 Å². The molecule has 0 saturated carbocycles. The summed E-state index contributed by atoms with van der Waals surface area (Å²) in [5.41, 5.74) is 1.05. The molecule has 2 N–H and O–H groups in total. The van der Waals surface area contributed by atoms with Crippen LogP contribution in [0.3, 0.4) is 0 Å². The van der Waals surface area contributed by atoms with Crippen molar-refractivity contribution in [2.24, 2.45) is 5.92 Å². The van der Waals surface area contributed by atoms with Crippen molar-refractivity contribution < 1.29 is 5.11 Å². The summed E-state index contributed by atoms with van der Waals surface area (Å²) < 4.78 is 0. The molecule has 1 aliphatic rings. The molecule has 1 fully saturated rings. The Morgan fingerprint density at radius 1 is 1.38 bits per heavy atom. The molecule has 1 heterocycles.